The number of nitrogens with one attached hydrogen (secondary N) is 2. The van der Waals surface area contributed by atoms with Crippen LogP contribution in [0.3, 0.4) is 0 Å². The molecule has 2 N–H and O–H groups in total. The van der Waals surface area contributed by atoms with Gasteiger partial charge < -0.3 is 10.6 Å². The summed E-state index contributed by atoms with van der Waals surface area (Å²) >= 11 is 0. The fraction of sp³-hybridized carbons (Fsp3) is 0.118. The number of pyridine rings is 1. The van der Waals surface area contributed by atoms with E-state index in [9.17, 15) is 18.4 Å². The van der Waals surface area contributed by atoms with E-state index < -0.39 is 22.5 Å². The predicted octanol–water partition coefficient (Wildman–Crippen LogP) is 2.35. The van der Waals surface area contributed by atoms with Crippen molar-refractivity contribution < 1.29 is 8.78 Å². The normalized spacial score (nSPS) is 10.8. The topological polar surface area (TPSA) is 71.1 Å². The Bertz CT molecular complexity index is 915. The number of halogens is 2. The summed E-state index contributed by atoms with van der Waals surface area (Å²) in [4.78, 5) is 27.2. The molecule has 122 valence electrons. The third kappa shape index (κ3) is 3.01. The summed E-state index contributed by atoms with van der Waals surface area (Å²) in [5.74, 6) is -1.28. The molecular weight excluding hydrogens is 316 g/mol. The van der Waals surface area contributed by atoms with Crippen LogP contribution in [-0.4, -0.2) is 11.5 Å². The lowest BCUT2D eigenvalue weighted by atomic mass is 10.1. The number of benzene rings is 1. The third-order valence-electron chi connectivity index (χ3n) is 3.60. The van der Waals surface area contributed by atoms with Crippen molar-refractivity contribution in [3.8, 4) is 0 Å². The molecular formula is C17H13F2N3O2. The number of aromatic nitrogens is 1. The highest BCUT2D eigenvalue weighted by Crippen LogP contribution is 2.20. The molecule has 1 heterocycles. The van der Waals surface area contributed by atoms with Gasteiger partial charge in [-0.3, -0.25) is 14.6 Å². The molecule has 24 heavy (non-hydrogen) atoms. The van der Waals surface area contributed by atoms with Crippen molar-refractivity contribution in [2.75, 3.05) is 17.2 Å². The smallest absolute Gasteiger partial charge is 0.253 e. The third-order valence-corrected chi connectivity index (χ3v) is 3.60. The molecule has 0 radical (unpaired) electrons. The van der Waals surface area contributed by atoms with Gasteiger partial charge in [0.15, 0.2) is 0 Å². The molecule has 3 rings (SSSR count). The lowest BCUT2D eigenvalue weighted by Gasteiger charge is -2.15. The van der Waals surface area contributed by atoms with E-state index >= 15 is 0 Å². The summed E-state index contributed by atoms with van der Waals surface area (Å²) in [6.07, 6.45) is 3.13. The lowest BCUT2D eigenvalue weighted by Crippen LogP contribution is -2.37. The van der Waals surface area contributed by atoms with Crippen LogP contribution in [0.15, 0.2) is 52.3 Å². The van der Waals surface area contributed by atoms with E-state index in [2.05, 4.69) is 15.6 Å². The first-order valence-electron chi connectivity index (χ1n) is 7.25. The van der Waals surface area contributed by atoms with Gasteiger partial charge in [-0.1, -0.05) is 6.07 Å². The van der Waals surface area contributed by atoms with Crippen LogP contribution in [-0.2, 0) is 6.42 Å². The second-order valence-electron chi connectivity index (χ2n) is 5.15. The predicted molar refractivity (Wildman–Crippen MR) is 87.4 cm³/mol. The lowest BCUT2D eigenvalue weighted by molar-refractivity contribution is 0.557. The van der Waals surface area contributed by atoms with Crippen LogP contribution in [0.2, 0.25) is 0 Å². The molecule has 0 aliphatic heterocycles. The number of anilines is 3. The number of rotatable bonds is 6. The molecule has 0 atom stereocenters. The Morgan fingerprint density at radius 3 is 2.21 bits per heavy atom. The highest BCUT2D eigenvalue weighted by molar-refractivity contribution is 5.78. The number of nitrogens with zero attached hydrogens (tertiary/aromatic N) is 1. The van der Waals surface area contributed by atoms with Crippen LogP contribution >= 0.6 is 0 Å². The maximum atomic E-state index is 13.6. The second-order valence-corrected chi connectivity index (χ2v) is 5.15. The van der Waals surface area contributed by atoms with Gasteiger partial charge in [0, 0.05) is 30.2 Å². The van der Waals surface area contributed by atoms with Gasteiger partial charge in [-0.25, -0.2) is 8.78 Å². The molecule has 0 saturated heterocycles. The highest BCUT2D eigenvalue weighted by atomic mass is 19.1. The van der Waals surface area contributed by atoms with Crippen molar-refractivity contribution in [1.29, 1.82) is 0 Å². The fourth-order valence-corrected chi connectivity index (χ4v) is 2.34. The zero-order valence-electron chi connectivity index (χ0n) is 12.5. The van der Waals surface area contributed by atoms with E-state index in [1.807, 2.05) is 0 Å². The van der Waals surface area contributed by atoms with Crippen molar-refractivity contribution in [1.82, 2.24) is 4.98 Å². The van der Waals surface area contributed by atoms with Gasteiger partial charge in [0.25, 0.3) is 10.9 Å². The largest absolute Gasteiger partial charge is 0.380 e. The Morgan fingerprint density at radius 1 is 0.917 bits per heavy atom. The van der Waals surface area contributed by atoms with E-state index in [1.54, 1.807) is 24.5 Å². The summed E-state index contributed by atoms with van der Waals surface area (Å²) in [5.41, 5.74) is -0.478. The Balaban J connectivity index is 1.69. The van der Waals surface area contributed by atoms with Crippen LogP contribution in [0.5, 0.6) is 0 Å². The van der Waals surface area contributed by atoms with Gasteiger partial charge in [0.1, 0.15) is 23.0 Å². The van der Waals surface area contributed by atoms with Gasteiger partial charge in [-0.05, 0) is 30.7 Å². The Hall–Kier alpha value is -3.09. The Morgan fingerprint density at radius 2 is 1.54 bits per heavy atom. The van der Waals surface area contributed by atoms with Crippen LogP contribution in [0.1, 0.15) is 5.56 Å². The Kier molecular flexibility index (Phi) is 4.33. The summed E-state index contributed by atoms with van der Waals surface area (Å²) < 4.78 is 27.1. The minimum Gasteiger partial charge on any atom is -0.380 e. The fourth-order valence-electron chi connectivity index (χ4n) is 2.34. The van der Waals surface area contributed by atoms with Crippen molar-refractivity contribution in [3.63, 3.8) is 0 Å². The number of hydrogen-bond donors (Lipinski definition) is 2. The first-order chi connectivity index (χ1) is 11.6. The molecule has 5 nitrogen and oxygen atoms in total. The van der Waals surface area contributed by atoms with Crippen LogP contribution < -0.4 is 21.5 Å². The minimum atomic E-state index is -0.652. The maximum Gasteiger partial charge on any atom is 0.253 e. The zero-order valence-corrected chi connectivity index (χ0v) is 12.5. The molecule has 0 aliphatic rings. The van der Waals surface area contributed by atoms with Crippen LogP contribution in [0.4, 0.5) is 25.8 Å². The van der Waals surface area contributed by atoms with Gasteiger partial charge in [0.2, 0.25) is 0 Å². The molecule has 0 amide bonds. The number of hydrogen-bond acceptors (Lipinski definition) is 5. The minimum absolute atomic E-state index is 0.0476. The zero-order chi connectivity index (χ0) is 17.1. The first kappa shape index (κ1) is 15.8. The van der Waals surface area contributed by atoms with E-state index in [-0.39, 0.29) is 29.9 Å². The van der Waals surface area contributed by atoms with Crippen molar-refractivity contribution >= 4 is 17.1 Å². The van der Waals surface area contributed by atoms with Gasteiger partial charge in [-0.15, -0.1) is 0 Å². The molecule has 0 unspecified atom stereocenters. The molecule has 1 aromatic heterocycles. The summed E-state index contributed by atoms with van der Waals surface area (Å²) in [5, 5.41) is 5.61. The molecule has 0 spiro atoms. The van der Waals surface area contributed by atoms with E-state index in [4.69, 9.17) is 0 Å². The quantitative estimate of drug-likeness (QED) is 0.679. The van der Waals surface area contributed by atoms with E-state index in [0.717, 1.165) is 0 Å². The summed E-state index contributed by atoms with van der Waals surface area (Å²) in [6, 6.07) is 6.93. The monoisotopic (exact) mass is 329 g/mol. The summed E-state index contributed by atoms with van der Waals surface area (Å²) in [6.45, 7) is 0.119. The van der Waals surface area contributed by atoms with Crippen LogP contribution in [0.25, 0.3) is 0 Å². The summed E-state index contributed by atoms with van der Waals surface area (Å²) in [7, 11) is 0. The molecule has 3 aromatic rings. The molecule has 0 saturated carbocycles. The second kappa shape index (κ2) is 6.57. The molecule has 2 aromatic carbocycles. The average molecular weight is 329 g/mol. The standard InChI is InChI=1S/C17H13F2N3O2/c18-12-2-1-3-13(19)11(12)6-9-21-14-15(17(24)16(14)23)22-10-4-7-20-8-5-10/h1-5,7-8,21H,6,9H2,(H,20,22). The molecule has 0 fully saturated rings. The molecule has 7 heteroatoms. The molecule has 0 bridgehead atoms. The maximum absolute atomic E-state index is 13.6. The van der Waals surface area contributed by atoms with Crippen molar-refractivity contribution in [2.24, 2.45) is 0 Å². The Labute approximate surface area is 135 Å². The van der Waals surface area contributed by atoms with Crippen LogP contribution in [0, 0.1) is 11.6 Å². The average Bonchev–Trinajstić information content (AvgIpc) is 2.60. The van der Waals surface area contributed by atoms with Crippen molar-refractivity contribution in [2.45, 2.75) is 6.42 Å². The SMILES string of the molecule is O=c1c(NCCc2c(F)cccc2F)c(Nc2ccncc2)c1=O. The van der Waals surface area contributed by atoms with Gasteiger partial charge in [0.05, 0.1) is 0 Å². The van der Waals surface area contributed by atoms with Crippen molar-refractivity contribution in [3.05, 3.63) is 80.4 Å². The highest BCUT2D eigenvalue weighted by Gasteiger charge is 2.21. The van der Waals surface area contributed by atoms with E-state index in [0.29, 0.717) is 5.69 Å². The van der Waals surface area contributed by atoms with Gasteiger partial charge in [-0.2, -0.15) is 0 Å². The molecule has 0 aliphatic carbocycles. The van der Waals surface area contributed by atoms with E-state index in [1.165, 1.54) is 18.2 Å². The first-order valence-corrected chi connectivity index (χ1v) is 7.25. The van der Waals surface area contributed by atoms with Gasteiger partial charge >= 0.3 is 0 Å².